The van der Waals surface area contributed by atoms with E-state index in [-0.39, 0.29) is 17.4 Å². The van der Waals surface area contributed by atoms with Gasteiger partial charge in [0.15, 0.2) is 0 Å². The quantitative estimate of drug-likeness (QED) is 0.829. The van der Waals surface area contributed by atoms with Gasteiger partial charge in [0.25, 0.3) is 0 Å². The maximum Gasteiger partial charge on any atom is 0.420 e. The van der Waals surface area contributed by atoms with Crippen molar-refractivity contribution in [3.63, 3.8) is 0 Å². The zero-order chi connectivity index (χ0) is 16.0. The van der Waals surface area contributed by atoms with E-state index >= 15 is 0 Å². The minimum atomic E-state index is -4.49. The molecule has 1 aromatic rings. The molecule has 6 heteroatoms. The van der Waals surface area contributed by atoms with Gasteiger partial charge in [-0.2, -0.15) is 13.2 Å². The van der Waals surface area contributed by atoms with Crippen molar-refractivity contribution >= 4 is 0 Å². The maximum absolute atomic E-state index is 13.0. The second kappa shape index (κ2) is 7.54. The lowest BCUT2D eigenvalue weighted by molar-refractivity contribution is -0.138. The van der Waals surface area contributed by atoms with Crippen LogP contribution < -0.4 is 15.2 Å². The molecule has 0 fully saturated rings. The van der Waals surface area contributed by atoms with Crippen LogP contribution in [0.4, 0.5) is 13.2 Å². The number of ether oxygens (including phenoxy) is 2. The molecular formula is C15H22F3NO2. The van der Waals surface area contributed by atoms with Crippen LogP contribution in [0.1, 0.15) is 43.2 Å². The average Bonchev–Trinajstić information content (AvgIpc) is 2.46. The Morgan fingerprint density at radius 2 is 1.76 bits per heavy atom. The number of methoxy groups -OCH3 is 2. The Bertz CT molecular complexity index is 461. The first-order valence-electron chi connectivity index (χ1n) is 6.92. The molecule has 0 aliphatic carbocycles. The largest absolute Gasteiger partial charge is 0.496 e. The van der Waals surface area contributed by atoms with Gasteiger partial charge in [-0.3, -0.25) is 0 Å². The molecule has 1 aromatic carbocycles. The molecule has 0 spiro atoms. The van der Waals surface area contributed by atoms with Crippen LogP contribution in [-0.2, 0) is 6.18 Å². The molecule has 21 heavy (non-hydrogen) atoms. The van der Waals surface area contributed by atoms with Crippen LogP contribution in [0.25, 0.3) is 0 Å². The first-order valence-corrected chi connectivity index (χ1v) is 6.92. The minimum absolute atomic E-state index is 0.0453. The second-order valence-electron chi connectivity index (χ2n) is 4.87. The highest BCUT2D eigenvalue weighted by Gasteiger charge is 2.36. The third-order valence-electron chi connectivity index (χ3n) is 3.49. The summed E-state index contributed by atoms with van der Waals surface area (Å²) in [6.07, 6.45) is -1.73. The van der Waals surface area contributed by atoms with E-state index in [0.29, 0.717) is 12.1 Å². The van der Waals surface area contributed by atoms with Gasteiger partial charge in [-0.05, 0) is 31.0 Å². The summed E-state index contributed by atoms with van der Waals surface area (Å²) in [5.41, 5.74) is 5.59. The van der Waals surface area contributed by atoms with Crippen molar-refractivity contribution in [3.8, 4) is 11.5 Å². The minimum Gasteiger partial charge on any atom is -0.496 e. The van der Waals surface area contributed by atoms with Crippen LogP contribution in [0.15, 0.2) is 12.1 Å². The Morgan fingerprint density at radius 1 is 1.14 bits per heavy atom. The lowest BCUT2D eigenvalue weighted by Gasteiger charge is -2.21. The van der Waals surface area contributed by atoms with Gasteiger partial charge in [-0.15, -0.1) is 0 Å². The fourth-order valence-corrected chi connectivity index (χ4v) is 2.31. The molecule has 0 radical (unpaired) electrons. The molecule has 0 saturated carbocycles. The number of nitrogens with two attached hydrogens (primary N) is 1. The topological polar surface area (TPSA) is 44.5 Å². The summed E-state index contributed by atoms with van der Waals surface area (Å²) in [4.78, 5) is 0. The van der Waals surface area contributed by atoms with Crippen molar-refractivity contribution in [3.05, 3.63) is 23.3 Å². The molecule has 120 valence electrons. The number of unbranched alkanes of at least 4 members (excludes halogenated alkanes) is 1. The molecule has 1 unspecified atom stereocenters. The smallest absolute Gasteiger partial charge is 0.420 e. The molecule has 0 aliphatic heterocycles. The van der Waals surface area contributed by atoms with E-state index in [2.05, 4.69) is 6.92 Å². The predicted octanol–water partition coefficient (Wildman–Crippen LogP) is 3.96. The van der Waals surface area contributed by atoms with Gasteiger partial charge in [0.2, 0.25) is 0 Å². The summed E-state index contributed by atoms with van der Waals surface area (Å²) in [7, 11) is 2.59. The van der Waals surface area contributed by atoms with E-state index in [1.165, 1.54) is 20.3 Å². The molecule has 3 nitrogen and oxygen atoms in total. The maximum atomic E-state index is 13.0. The van der Waals surface area contributed by atoms with Crippen LogP contribution in [0.2, 0.25) is 0 Å². The van der Waals surface area contributed by atoms with Gasteiger partial charge in [0.1, 0.15) is 17.1 Å². The van der Waals surface area contributed by atoms with Crippen molar-refractivity contribution < 1.29 is 22.6 Å². The number of hydrogen-bond acceptors (Lipinski definition) is 3. The molecule has 0 heterocycles. The highest BCUT2D eigenvalue weighted by Crippen LogP contribution is 2.42. The first kappa shape index (κ1) is 17.6. The van der Waals surface area contributed by atoms with E-state index in [9.17, 15) is 13.2 Å². The van der Waals surface area contributed by atoms with E-state index in [0.717, 1.165) is 25.3 Å². The van der Waals surface area contributed by atoms with Gasteiger partial charge in [0, 0.05) is 5.56 Å². The lowest BCUT2D eigenvalue weighted by Crippen LogP contribution is -2.15. The van der Waals surface area contributed by atoms with E-state index in [1.807, 2.05) is 0 Å². The number of rotatable bonds is 7. The predicted molar refractivity (Wildman–Crippen MR) is 75.9 cm³/mol. The van der Waals surface area contributed by atoms with Crippen LogP contribution in [0.5, 0.6) is 11.5 Å². The molecule has 0 aromatic heterocycles. The van der Waals surface area contributed by atoms with Crippen molar-refractivity contribution in [2.45, 2.75) is 38.3 Å². The standard InChI is InChI=1S/C15H22F3NO2/c1-4-5-6-10(9-19)11-7-14(21-3)12(15(16,17)18)8-13(11)20-2/h7-8,10H,4-6,9,19H2,1-3H3. The molecule has 0 aliphatic rings. The van der Waals surface area contributed by atoms with Gasteiger partial charge in [-0.25, -0.2) is 0 Å². The summed E-state index contributed by atoms with van der Waals surface area (Å²) < 4.78 is 49.1. The van der Waals surface area contributed by atoms with Crippen molar-refractivity contribution in [1.29, 1.82) is 0 Å². The normalized spacial score (nSPS) is 13.1. The Labute approximate surface area is 123 Å². The lowest BCUT2D eigenvalue weighted by atomic mass is 9.91. The van der Waals surface area contributed by atoms with Crippen molar-refractivity contribution in [1.82, 2.24) is 0 Å². The van der Waals surface area contributed by atoms with E-state index < -0.39 is 11.7 Å². The SMILES string of the molecule is CCCCC(CN)c1cc(OC)c(C(F)(F)F)cc1OC. The summed E-state index contributed by atoms with van der Waals surface area (Å²) in [5, 5.41) is 0. The molecule has 0 bridgehead atoms. The van der Waals surface area contributed by atoms with Crippen molar-refractivity contribution in [2.24, 2.45) is 5.73 Å². The highest BCUT2D eigenvalue weighted by atomic mass is 19.4. The van der Waals surface area contributed by atoms with Crippen LogP contribution in [0, 0.1) is 0 Å². The van der Waals surface area contributed by atoms with Crippen LogP contribution in [-0.4, -0.2) is 20.8 Å². The third kappa shape index (κ3) is 4.27. The summed E-state index contributed by atoms with van der Waals surface area (Å²) >= 11 is 0. The summed E-state index contributed by atoms with van der Waals surface area (Å²) in [5.74, 6) is -0.0426. The van der Waals surface area contributed by atoms with Crippen LogP contribution in [0.3, 0.4) is 0 Å². The molecule has 1 atom stereocenters. The Kier molecular flexibility index (Phi) is 6.33. The fourth-order valence-electron chi connectivity index (χ4n) is 2.31. The Morgan fingerprint density at radius 3 is 2.19 bits per heavy atom. The molecular weight excluding hydrogens is 283 g/mol. The van der Waals surface area contributed by atoms with E-state index in [4.69, 9.17) is 15.2 Å². The van der Waals surface area contributed by atoms with Crippen molar-refractivity contribution in [2.75, 3.05) is 20.8 Å². The molecule has 0 amide bonds. The number of benzene rings is 1. The number of alkyl halides is 3. The van der Waals surface area contributed by atoms with Gasteiger partial charge >= 0.3 is 6.18 Å². The highest BCUT2D eigenvalue weighted by molar-refractivity contribution is 5.49. The summed E-state index contributed by atoms with van der Waals surface area (Å²) in [6.45, 7) is 2.41. The second-order valence-corrected chi connectivity index (χ2v) is 4.87. The first-order chi connectivity index (χ1) is 9.88. The fraction of sp³-hybridized carbons (Fsp3) is 0.600. The molecule has 0 saturated heterocycles. The van der Waals surface area contributed by atoms with Crippen LogP contribution >= 0.6 is 0 Å². The zero-order valence-electron chi connectivity index (χ0n) is 12.6. The zero-order valence-corrected chi connectivity index (χ0v) is 12.6. The average molecular weight is 305 g/mol. The Hall–Kier alpha value is -1.43. The number of halogens is 3. The molecule has 1 rings (SSSR count). The molecule has 2 N–H and O–H groups in total. The van der Waals surface area contributed by atoms with Gasteiger partial charge < -0.3 is 15.2 Å². The monoisotopic (exact) mass is 305 g/mol. The Balaban J connectivity index is 3.32. The van der Waals surface area contributed by atoms with Gasteiger partial charge in [-0.1, -0.05) is 19.8 Å². The number of hydrogen-bond donors (Lipinski definition) is 1. The summed E-state index contributed by atoms with van der Waals surface area (Å²) in [6, 6.07) is 2.39. The van der Waals surface area contributed by atoms with E-state index in [1.54, 1.807) is 0 Å². The van der Waals surface area contributed by atoms with Gasteiger partial charge in [0.05, 0.1) is 14.2 Å². The third-order valence-corrected chi connectivity index (χ3v) is 3.49.